The lowest BCUT2D eigenvalue weighted by atomic mass is 10.3. The van der Waals surface area contributed by atoms with Crippen LogP contribution in [0, 0.1) is 10.1 Å². The molecule has 0 unspecified atom stereocenters. The summed E-state index contributed by atoms with van der Waals surface area (Å²) in [4.78, 5) is 47.4. The number of carbonyl (C=O) groups excluding carboxylic acids is 3. The normalized spacial score (nSPS) is 16.1. The Bertz CT molecular complexity index is 693. The van der Waals surface area contributed by atoms with Crippen molar-refractivity contribution >= 4 is 35.4 Å². The number of nitrogens with one attached hydrogen (secondary N) is 1. The van der Waals surface area contributed by atoms with Crippen LogP contribution in [0.3, 0.4) is 0 Å². The standard InChI is InChI=1S/C15H17N3O6S/c1-9(13(19)17-8-7-16-15(17)21)24-14(20)10(2)25-12-5-3-11(4-6-12)18(22)23/h3-6,9-10H,7-8H2,1-2H3,(H,16,21)/t9-,10+/m0/s1. The monoisotopic (exact) mass is 367 g/mol. The highest BCUT2D eigenvalue weighted by Gasteiger charge is 2.32. The van der Waals surface area contributed by atoms with Crippen molar-refractivity contribution in [2.24, 2.45) is 0 Å². The molecule has 0 bridgehead atoms. The van der Waals surface area contributed by atoms with Gasteiger partial charge in [-0.25, -0.2) is 4.79 Å². The summed E-state index contributed by atoms with van der Waals surface area (Å²) in [5.41, 5.74) is -0.0392. The molecule has 9 nitrogen and oxygen atoms in total. The van der Waals surface area contributed by atoms with E-state index in [1.165, 1.54) is 31.2 Å². The summed E-state index contributed by atoms with van der Waals surface area (Å²) in [7, 11) is 0. The number of nitrogens with zero attached hydrogens (tertiary/aromatic N) is 2. The highest BCUT2D eigenvalue weighted by molar-refractivity contribution is 8.00. The molecule has 0 aromatic heterocycles. The number of carbonyl (C=O) groups is 3. The Labute approximate surface area is 147 Å². The number of benzene rings is 1. The molecule has 1 aliphatic rings. The molecule has 25 heavy (non-hydrogen) atoms. The second-order valence-electron chi connectivity index (χ2n) is 5.31. The lowest BCUT2D eigenvalue weighted by Crippen LogP contribution is -2.42. The van der Waals surface area contributed by atoms with Crippen molar-refractivity contribution in [3.63, 3.8) is 0 Å². The lowest BCUT2D eigenvalue weighted by molar-refractivity contribution is -0.384. The predicted molar refractivity (Wildman–Crippen MR) is 89.1 cm³/mol. The number of amides is 3. The van der Waals surface area contributed by atoms with E-state index in [1.54, 1.807) is 6.92 Å². The van der Waals surface area contributed by atoms with Crippen molar-refractivity contribution < 1.29 is 24.0 Å². The van der Waals surface area contributed by atoms with Gasteiger partial charge in [0.05, 0.1) is 4.92 Å². The lowest BCUT2D eigenvalue weighted by Gasteiger charge is -2.19. The number of nitro benzene ring substituents is 1. The summed E-state index contributed by atoms with van der Waals surface area (Å²) < 4.78 is 5.13. The smallest absolute Gasteiger partial charge is 0.324 e. The van der Waals surface area contributed by atoms with Crippen LogP contribution in [0.1, 0.15) is 13.8 Å². The highest BCUT2D eigenvalue weighted by atomic mass is 32.2. The van der Waals surface area contributed by atoms with Gasteiger partial charge in [0.1, 0.15) is 5.25 Å². The van der Waals surface area contributed by atoms with Crippen LogP contribution < -0.4 is 5.32 Å². The molecule has 0 aliphatic carbocycles. The molecular weight excluding hydrogens is 350 g/mol. The fourth-order valence-corrected chi connectivity index (χ4v) is 2.97. The number of rotatable bonds is 6. The van der Waals surface area contributed by atoms with Crippen molar-refractivity contribution in [2.75, 3.05) is 13.1 Å². The van der Waals surface area contributed by atoms with Crippen LogP contribution in [-0.2, 0) is 14.3 Å². The average molecular weight is 367 g/mol. The topological polar surface area (TPSA) is 119 Å². The number of hydrogen-bond donors (Lipinski definition) is 1. The quantitative estimate of drug-likeness (QED) is 0.351. The number of imide groups is 1. The number of hydrogen-bond acceptors (Lipinski definition) is 7. The molecule has 1 aromatic rings. The molecule has 0 saturated carbocycles. The zero-order chi connectivity index (χ0) is 18.6. The van der Waals surface area contributed by atoms with Crippen LogP contribution in [0.15, 0.2) is 29.2 Å². The minimum atomic E-state index is -1.07. The van der Waals surface area contributed by atoms with E-state index in [-0.39, 0.29) is 12.2 Å². The summed E-state index contributed by atoms with van der Waals surface area (Å²) in [5, 5.41) is 12.5. The third-order valence-electron chi connectivity index (χ3n) is 3.46. The number of ether oxygens (including phenoxy) is 1. The molecule has 3 amide bonds. The van der Waals surface area contributed by atoms with Crippen molar-refractivity contribution in [1.82, 2.24) is 10.2 Å². The summed E-state index contributed by atoms with van der Waals surface area (Å²) >= 11 is 1.16. The first-order valence-electron chi connectivity index (χ1n) is 7.50. The molecule has 0 radical (unpaired) electrons. The molecular formula is C15H17N3O6S. The molecule has 1 heterocycles. The second-order valence-corrected chi connectivity index (χ2v) is 6.73. The maximum Gasteiger partial charge on any atom is 0.324 e. The third-order valence-corrected chi connectivity index (χ3v) is 4.55. The number of urea groups is 1. The van der Waals surface area contributed by atoms with E-state index in [4.69, 9.17) is 4.74 Å². The zero-order valence-electron chi connectivity index (χ0n) is 13.6. The first-order valence-corrected chi connectivity index (χ1v) is 8.38. The van der Waals surface area contributed by atoms with Crippen LogP contribution in [0.5, 0.6) is 0 Å². The van der Waals surface area contributed by atoms with Crippen molar-refractivity contribution in [3.05, 3.63) is 34.4 Å². The maximum absolute atomic E-state index is 12.1. The van der Waals surface area contributed by atoms with E-state index in [2.05, 4.69) is 5.32 Å². The van der Waals surface area contributed by atoms with Gasteiger partial charge in [0.2, 0.25) is 0 Å². The van der Waals surface area contributed by atoms with E-state index in [1.807, 2.05) is 0 Å². The third kappa shape index (κ3) is 4.69. The summed E-state index contributed by atoms with van der Waals surface area (Å²) in [6.07, 6.45) is -1.07. The number of nitro groups is 1. The van der Waals surface area contributed by atoms with Gasteiger partial charge in [-0.3, -0.25) is 24.6 Å². The largest absolute Gasteiger partial charge is 0.452 e. The van der Waals surface area contributed by atoms with Gasteiger partial charge < -0.3 is 10.1 Å². The van der Waals surface area contributed by atoms with E-state index < -0.39 is 34.2 Å². The van der Waals surface area contributed by atoms with Gasteiger partial charge in [-0.15, -0.1) is 11.8 Å². The zero-order valence-corrected chi connectivity index (χ0v) is 14.4. The fourth-order valence-electron chi connectivity index (χ4n) is 2.12. The van der Waals surface area contributed by atoms with Crippen LogP contribution in [0.4, 0.5) is 10.5 Å². The molecule has 1 aromatic carbocycles. The summed E-state index contributed by atoms with van der Waals surface area (Å²) in [5.74, 6) is -1.18. The van der Waals surface area contributed by atoms with Crippen LogP contribution >= 0.6 is 11.8 Å². The van der Waals surface area contributed by atoms with Crippen LogP contribution in [-0.4, -0.2) is 52.2 Å². The molecule has 1 N–H and O–H groups in total. The van der Waals surface area contributed by atoms with Crippen molar-refractivity contribution in [3.8, 4) is 0 Å². The Balaban J connectivity index is 1.89. The number of esters is 1. The Morgan fingerprint density at radius 3 is 2.48 bits per heavy atom. The van der Waals surface area contributed by atoms with Gasteiger partial charge in [-0.1, -0.05) is 0 Å². The SMILES string of the molecule is C[C@H](OC(=O)[C@@H](C)Sc1ccc([N+](=O)[O-])cc1)C(=O)N1CCNC1=O. The molecule has 1 aliphatic heterocycles. The Hall–Kier alpha value is -2.62. The average Bonchev–Trinajstić information content (AvgIpc) is 3.00. The first-order chi connectivity index (χ1) is 11.8. The molecule has 134 valence electrons. The van der Waals surface area contributed by atoms with Gasteiger partial charge in [0.15, 0.2) is 6.10 Å². The Kier molecular flexibility index (Phi) is 5.97. The molecule has 2 atom stereocenters. The Morgan fingerprint density at radius 2 is 1.96 bits per heavy atom. The van der Waals surface area contributed by atoms with Gasteiger partial charge in [-0.2, -0.15) is 0 Å². The minimum Gasteiger partial charge on any atom is -0.452 e. The predicted octanol–water partition coefficient (Wildman–Crippen LogP) is 1.56. The van der Waals surface area contributed by atoms with Crippen LogP contribution in [0.25, 0.3) is 0 Å². The van der Waals surface area contributed by atoms with E-state index >= 15 is 0 Å². The van der Waals surface area contributed by atoms with Crippen molar-refractivity contribution in [1.29, 1.82) is 0 Å². The minimum absolute atomic E-state index is 0.0392. The first kappa shape index (κ1) is 18.7. The van der Waals surface area contributed by atoms with Crippen LogP contribution in [0.2, 0.25) is 0 Å². The molecule has 0 spiro atoms. The second kappa shape index (κ2) is 7.97. The van der Waals surface area contributed by atoms with E-state index in [0.717, 1.165) is 16.7 Å². The van der Waals surface area contributed by atoms with E-state index in [9.17, 15) is 24.5 Å². The summed E-state index contributed by atoms with van der Waals surface area (Å²) in [6, 6.07) is 5.27. The number of thioether (sulfide) groups is 1. The molecule has 10 heteroatoms. The fraction of sp³-hybridized carbons (Fsp3) is 0.400. The van der Waals surface area contributed by atoms with Gasteiger partial charge in [0.25, 0.3) is 11.6 Å². The molecule has 2 rings (SSSR count). The van der Waals surface area contributed by atoms with E-state index in [0.29, 0.717) is 11.4 Å². The highest BCUT2D eigenvalue weighted by Crippen LogP contribution is 2.26. The molecule has 1 saturated heterocycles. The maximum atomic E-state index is 12.1. The number of non-ortho nitro benzene ring substituents is 1. The van der Waals surface area contributed by atoms with Gasteiger partial charge >= 0.3 is 12.0 Å². The van der Waals surface area contributed by atoms with Gasteiger partial charge in [0, 0.05) is 30.1 Å². The summed E-state index contributed by atoms with van der Waals surface area (Å²) in [6.45, 7) is 3.63. The Morgan fingerprint density at radius 1 is 1.32 bits per heavy atom. The van der Waals surface area contributed by atoms with Gasteiger partial charge in [-0.05, 0) is 26.0 Å². The van der Waals surface area contributed by atoms with Crippen molar-refractivity contribution in [2.45, 2.75) is 30.1 Å². The molecule has 1 fully saturated rings.